The third-order valence-corrected chi connectivity index (χ3v) is 3.63. The zero-order valence-electron chi connectivity index (χ0n) is 10.3. The monoisotopic (exact) mass is 311 g/mol. The molecule has 96 valence electrons. The molecule has 0 amide bonds. The Kier molecular flexibility index (Phi) is 4.14. The molecule has 0 aliphatic rings. The van der Waals surface area contributed by atoms with E-state index in [1.54, 1.807) is 12.3 Å². The van der Waals surface area contributed by atoms with Crippen molar-refractivity contribution in [1.29, 1.82) is 0 Å². The minimum absolute atomic E-state index is 0.134. The number of nitrogens with zero attached hydrogens (tertiary/aromatic N) is 2. The lowest BCUT2D eigenvalue weighted by atomic mass is 10.1. The van der Waals surface area contributed by atoms with Crippen molar-refractivity contribution >= 4 is 15.9 Å². The maximum Gasteiger partial charge on any atom is 0.130 e. The SMILES string of the molecule is CCn1ccnc1C(NC)c1cc(F)ccc1Br. The van der Waals surface area contributed by atoms with Crippen molar-refractivity contribution in [3.05, 3.63) is 52.3 Å². The van der Waals surface area contributed by atoms with E-state index in [-0.39, 0.29) is 11.9 Å². The van der Waals surface area contributed by atoms with Gasteiger partial charge >= 0.3 is 0 Å². The predicted molar refractivity (Wildman–Crippen MR) is 72.9 cm³/mol. The number of nitrogens with one attached hydrogen (secondary N) is 1. The first-order chi connectivity index (χ1) is 8.67. The Bertz CT molecular complexity index is 539. The Hall–Kier alpha value is -1.20. The molecule has 0 bridgehead atoms. The fourth-order valence-electron chi connectivity index (χ4n) is 2.01. The van der Waals surface area contributed by atoms with Crippen molar-refractivity contribution in [1.82, 2.24) is 14.9 Å². The summed E-state index contributed by atoms with van der Waals surface area (Å²) in [6, 6.07) is 4.55. The van der Waals surface area contributed by atoms with Crippen LogP contribution in [0.15, 0.2) is 35.1 Å². The molecule has 2 aromatic rings. The van der Waals surface area contributed by atoms with Gasteiger partial charge in [0.1, 0.15) is 11.6 Å². The highest BCUT2D eigenvalue weighted by Crippen LogP contribution is 2.28. The van der Waals surface area contributed by atoms with Gasteiger partial charge in [-0.2, -0.15) is 0 Å². The largest absolute Gasteiger partial charge is 0.334 e. The van der Waals surface area contributed by atoms with Gasteiger partial charge < -0.3 is 9.88 Å². The van der Waals surface area contributed by atoms with Crippen molar-refractivity contribution in [3.63, 3.8) is 0 Å². The highest BCUT2D eigenvalue weighted by Gasteiger charge is 2.19. The molecule has 0 saturated carbocycles. The first kappa shape index (κ1) is 13.2. The van der Waals surface area contributed by atoms with E-state index in [4.69, 9.17) is 0 Å². The first-order valence-electron chi connectivity index (χ1n) is 5.80. The third kappa shape index (κ3) is 2.47. The molecule has 0 fully saturated rings. The van der Waals surface area contributed by atoms with Crippen molar-refractivity contribution in [2.24, 2.45) is 0 Å². The Morgan fingerprint density at radius 2 is 2.28 bits per heavy atom. The summed E-state index contributed by atoms with van der Waals surface area (Å²) < 4.78 is 16.3. The van der Waals surface area contributed by atoms with Crippen molar-refractivity contribution in [3.8, 4) is 0 Å². The normalized spacial score (nSPS) is 12.7. The molecule has 1 atom stereocenters. The molecule has 18 heavy (non-hydrogen) atoms. The molecular weight excluding hydrogens is 297 g/mol. The smallest absolute Gasteiger partial charge is 0.130 e. The van der Waals surface area contributed by atoms with E-state index in [9.17, 15) is 4.39 Å². The molecule has 5 heteroatoms. The van der Waals surface area contributed by atoms with Gasteiger partial charge in [0.2, 0.25) is 0 Å². The molecular formula is C13H15BrFN3. The second-order valence-electron chi connectivity index (χ2n) is 3.96. The maximum absolute atomic E-state index is 13.4. The van der Waals surface area contributed by atoms with Crippen LogP contribution in [0.25, 0.3) is 0 Å². The van der Waals surface area contributed by atoms with Crippen LogP contribution in [0, 0.1) is 5.82 Å². The number of benzene rings is 1. The van der Waals surface area contributed by atoms with Crippen molar-refractivity contribution in [2.45, 2.75) is 19.5 Å². The number of rotatable bonds is 4. The molecule has 0 aliphatic heterocycles. The highest BCUT2D eigenvalue weighted by atomic mass is 79.9. The molecule has 1 aromatic carbocycles. The number of halogens is 2. The highest BCUT2D eigenvalue weighted by molar-refractivity contribution is 9.10. The summed E-state index contributed by atoms with van der Waals surface area (Å²) in [7, 11) is 1.84. The topological polar surface area (TPSA) is 29.9 Å². The van der Waals surface area contributed by atoms with Crippen LogP contribution in [0.2, 0.25) is 0 Å². The Morgan fingerprint density at radius 3 is 2.94 bits per heavy atom. The molecule has 1 aromatic heterocycles. The first-order valence-corrected chi connectivity index (χ1v) is 6.60. The van der Waals surface area contributed by atoms with Crippen LogP contribution >= 0.6 is 15.9 Å². The third-order valence-electron chi connectivity index (χ3n) is 2.90. The number of aryl methyl sites for hydroxylation is 1. The van der Waals surface area contributed by atoms with Crippen LogP contribution < -0.4 is 5.32 Å². The second kappa shape index (κ2) is 5.63. The number of aromatic nitrogens is 2. The van der Waals surface area contributed by atoms with Crippen LogP contribution in [0.1, 0.15) is 24.4 Å². The zero-order valence-corrected chi connectivity index (χ0v) is 11.9. The van der Waals surface area contributed by atoms with E-state index in [1.807, 2.05) is 17.8 Å². The minimum atomic E-state index is -0.247. The van der Waals surface area contributed by atoms with Gasteiger partial charge in [0.15, 0.2) is 0 Å². The number of imidazole rings is 1. The summed E-state index contributed by atoms with van der Waals surface area (Å²) >= 11 is 3.46. The summed E-state index contributed by atoms with van der Waals surface area (Å²) in [6.45, 7) is 2.89. The quantitative estimate of drug-likeness (QED) is 0.940. The zero-order chi connectivity index (χ0) is 13.1. The average molecular weight is 312 g/mol. The lowest BCUT2D eigenvalue weighted by molar-refractivity contribution is 0.578. The van der Waals surface area contributed by atoms with Crippen LogP contribution in [0.5, 0.6) is 0 Å². The standard InChI is InChI=1S/C13H15BrFN3/c1-3-18-7-6-17-13(18)12(16-2)10-8-9(15)4-5-11(10)14/h4-8,12,16H,3H2,1-2H3. The summed E-state index contributed by atoms with van der Waals surface area (Å²) in [4.78, 5) is 4.36. The van der Waals surface area contributed by atoms with Crippen molar-refractivity contribution < 1.29 is 4.39 Å². The van der Waals surface area contributed by atoms with E-state index in [0.717, 1.165) is 22.4 Å². The second-order valence-corrected chi connectivity index (χ2v) is 4.81. The van der Waals surface area contributed by atoms with Gasteiger partial charge in [-0.3, -0.25) is 0 Å². The van der Waals surface area contributed by atoms with E-state index < -0.39 is 0 Å². The lowest BCUT2D eigenvalue weighted by Crippen LogP contribution is -2.22. The fraction of sp³-hybridized carbons (Fsp3) is 0.308. The van der Waals surface area contributed by atoms with Crippen molar-refractivity contribution in [2.75, 3.05) is 7.05 Å². The van der Waals surface area contributed by atoms with Gasteiger partial charge in [-0.1, -0.05) is 15.9 Å². The molecule has 2 rings (SSSR count). The van der Waals surface area contributed by atoms with Crippen LogP contribution in [-0.4, -0.2) is 16.6 Å². The molecule has 0 spiro atoms. The molecule has 1 N–H and O–H groups in total. The van der Waals surface area contributed by atoms with Gasteiger partial charge in [0.25, 0.3) is 0 Å². The van der Waals surface area contributed by atoms with E-state index in [0.29, 0.717) is 0 Å². The fourth-order valence-corrected chi connectivity index (χ4v) is 2.48. The molecule has 3 nitrogen and oxygen atoms in total. The number of hydrogen-bond acceptors (Lipinski definition) is 2. The molecule has 1 unspecified atom stereocenters. The summed E-state index contributed by atoms with van der Waals surface area (Å²) in [5.74, 6) is 0.634. The molecule has 0 aliphatic carbocycles. The summed E-state index contributed by atoms with van der Waals surface area (Å²) in [6.07, 6.45) is 3.68. The number of hydrogen-bond donors (Lipinski definition) is 1. The van der Waals surface area contributed by atoms with E-state index >= 15 is 0 Å². The minimum Gasteiger partial charge on any atom is -0.334 e. The van der Waals surface area contributed by atoms with Gasteiger partial charge in [-0.25, -0.2) is 9.37 Å². The predicted octanol–water partition coefficient (Wildman–Crippen LogP) is 3.11. The van der Waals surface area contributed by atoms with E-state index in [1.165, 1.54) is 12.1 Å². The maximum atomic E-state index is 13.4. The van der Waals surface area contributed by atoms with Crippen LogP contribution in [-0.2, 0) is 6.54 Å². The Morgan fingerprint density at radius 1 is 1.50 bits per heavy atom. The molecule has 0 saturated heterocycles. The molecule has 1 heterocycles. The van der Waals surface area contributed by atoms with Crippen LogP contribution in [0.4, 0.5) is 4.39 Å². The van der Waals surface area contributed by atoms with Gasteiger partial charge in [0, 0.05) is 23.4 Å². The Balaban J connectivity index is 2.48. The van der Waals surface area contributed by atoms with Gasteiger partial charge in [-0.15, -0.1) is 0 Å². The molecule has 0 radical (unpaired) electrons. The Labute approximate surface area is 114 Å². The van der Waals surface area contributed by atoms with E-state index in [2.05, 4.69) is 33.2 Å². The summed E-state index contributed by atoms with van der Waals surface area (Å²) in [5.41, 5.74) is 0.846. The average Bonchev–Trinajstić information content (AvgIpc) is 2.83. The lowest BCUT2D eigenvalue weighted by Gasteiger charge is -2.19. The van der Waals surface area contributed by atoms with Gasteiger partial charge in [0.05, 0.1) is 6.04 Å². The van der Waals surface area contributed by atoms with Crippen LogP contribution in [0.3, 0.4) is 0 Å². The summed E-state index contributed by atoms with van der Waals surface area (Å²) in [5, 5.41) is 3.18. The van der Waals surface area contributed by atoms with Gasteiger partial charge in [-0.05, 0) is 37.7 Å².